The van der Waals surface area contributed by atoms with E-state index in [2.05, 4.69) is 31.9 Å². The summed E-state index contributed by atoms with van der Waals surface area (Å²) in [5.74, 6) is 0.320. The molecule has 0 spiro atoms. The maximum atomic E-state index is 10.7. The minimum atomic E-state index is -0.205. The quantitative estimate of drug-likeness (QED) is 0.606. The molecule has 68 valence electrons. The van der Waals surface area contributed by atoms with E-state index in [1.54, 1.807) is 0 Å². The first-order valence-corrected chi connectivity index (χ1v) is 5.64. The third-order valence-corrected chi connectivity index (χ3v) is 4.46. The Labute approximate surface area is 93.8 Å². The molecule has 2 unspecified atom stereocenters. The van der Waals surface area contributed by atoms with Crippen LogP contribution in [0.4, 0.5) is 0 Å². The summed E-state index contributed by atoms with van der Waals surface area (Å²) in [6, 6.07) is 10.1. The zero-order valence-electron chi connectivity index (χ0n) is 6.78. The summed E-state index contributed by atoms with van der Waals surface area (Å²) in [5.41, 5.74) is 1.20. The van der Waals surface area contributed by atoms with Crippen molar-refractivity contribution in [1.82, 2.24) is 0 Å². The second-order valence-corrected chi connectivity index (χ2v) is 6.91. The molecule has 0 radical (unpaired) electrons. The summed E-state index contributed by atoms with van der Waals surface area (Å²) < 4.78 is -0.205. The Hall–Kier alpha value is -0.150. The summed E-state index contributed by atoms with van der Waals surface area (Å²) >= 11 is 7.00. The van der Waals surface area contributed by atoms with Crippen LogP contribution in [-0.4, -0.2) is 9.52 Å². The molecule has 1 fully saturated rings. The molecule has 13 heavy (non-hydrogen) atoms. The minimum absolute atomic E-state index is 0.0508. The number of rotatable bonds is 2. The van der Waals surface area contributed by atoms with Crippen molar-refractivity contribution in [3.63, 3.8) is 0 Å². The molecule has 1 nitrogen and oxygen atoms in total. The number of alkyl halides is 2. The summed E-state index contributed by atoms with van der Waals surface area (Å²) in [6.45, 7) is 0. The van der Waals surface area contributed by atoms with E-state index < -0.39 is 0 Å². The number of carbonyl (C=O) groups excluding carboxylic acids is 1. The van der Waals surface area contributed by atoms with E-state index in [9.17, 15) is 4.79 Å². The number of hydrogen-bond acceptors (Lipinski definition) is 1. The lowest BCUT2D eigenvalue weighted by molar-refractivity contribution is -0.108. The number of hydrogen-bond donors (Lipinski definition) is 0. The van der Waals surface area contributed by atoms with Gasteiger partial charge in [-0.1, -0.05) is 62.2 Å². The van der Waals surface area contributed by atoms with Crippen molar-refractivity contribution in [2.45, 2.75) is 9.15 Å². The second kappa shape index (κ2) is 3.21. The fraction of sp³-hybridized carbons (Fsp3) is 0.300. The Kier molecular flexibility index (Phi) is 2.32. The van der Waals surface area contributed by atoms with Crippen LogP contribution in [0.5, 0.6) is 0 Å². The number of benzene rings is 1. The number of carbonyl (C=O) groups is 1. The Bertz CT molecular complexity index is 321. The van der Waals surface area contributed by atoms with Gasteiger partial charge in [-0.05, 0) is 5.56 Å². The standard InChI is InChI=1S/C10H8Br2O/c11-10(12)8(6-13)9(10)7-4-2-1-3-5-7/h1-6,8-9H. The van der Waals surface area contributed by atoms with Crippen LogP contribution in [0.1, 0.15) is 11.5 Å². The van der Waals surface area contributed by atoms with Crippen molar-refractivity contribution in [2.75, 3.05) is 0 Å². The molecule has 2 rings (SSSR count). The highest BCUT2D eigenvalue weighted by Gasteiger charge is 2.62. The third-order valence-electron chi connectivity index (χ3n) is 2.41. The topological polar surface area (TPSA) is 17.1 Å². The summed E-state index contributed by atoms with van der Waals surface area (Å²) in [4.78, 5) is 10.7. The van der Waals surface area contributed by atoms with Crippen molar-refractivity contribution < 1.29 is 4.79 Å². The Morgan fingerprint density at radius 3 is 2.31 bits per heavy atom. The highest BCUT2D eigenvalue weighted by Crippen LogP contribution is 2.66. The van der Waals surface area contributed by atoms with E-state index in [0.29, 0.717) is 0 Å². The highest BCUT2D eigenvalue weighted by molar-refractivity contribution is 9.25. The van der Waals surface area contributed by atoms with E-state index in [-0.39, 0.29) is 15.1 Å². The highest BCUT2D eigenvalue weighted by atomic mass is 79.9. The molecule has 1 aromatic rings. The molecule has 0 aliphatic heterocycles. The molecule has 0 saturated heterocycles. The fourth-order valence-electron chi connectivity index (χ4n) is 1.61. The average molecular weight is 304 g/mol. The molecule has 0 amide bonds. The first-order chi connectivity index (χ1) is 6.18. The summed E-state index contributed by atoms with van der Waals surface area (Å²) in [7, 11) is 0. The van der Waals surface area contributed by atoms with Crippen molar-refractivity contribution in [3.05, 3.63) is 35.9 Å². The normalized spacial score (nSPS) is 29.7. The van der Waals surface area contributed by atoms with Crippen molar-refractivity contribution in [3.8, 4) is 0 Å². The second-order valence-electron chi connectivity index (χ2n) is 3.22. The predicted molar refractivity (Wildman–Crippen MR) is 59.3 cm³/mol. The monoisotopic (exact) mass is 302 g/mol. The van der Waals surface area contributed by atoms with Crippen LogP contribution in [0.3, 0.4) is 0 Å². The van der Waals surface area contributed by atoms with Crippen LogP contribution in [0.15, 0.2) is 30.3 Å². The maximum Gasteiger partial charge on any atom is 0.126 e. The zero-order chi connectivity index (χ0) is 9.47. The summed E-state index contributed by atoms with van der Waals surface area (Å²) in [6.07, 6.45) is 1.00. The zero-order valence-corrected chi connectivity index (χ0v) is 9.95. The van der Waals surface area contributed by atoms with Crippen LogP contribution >= 0.6 is 31.9 Å². The van der Waals surface area contributed by atoms with Crippen molar-refractivity contribution in [2.24, 2.45) is 5.92 Å². The molecular weight excluding hydrogens is 296 g/mol. The van der Waals surface area contributed by atoms with Crippen LogP contribution < -0.4 is 0 Å². The molecular formula is C10H8Br2O. The van der Waals surface area contributed by atoms with E-state index in [1.165, 1.54) is 5.56 Å². The molecule has 1 saturated carbocycles. The number of halogens is 2. The predicted octanol–water partition coefficient (Wildman–Crippen LogP) is 3.09. The lowest BCUT2D eigenvalue weighted by Gasteiger charge is -1.98. The van der Waals surface area contributed by atoms with Gasteiger partial charge >= 0.3 is 0 Å². The number of aldehydes is 1. The molecule has 0 aromatic heterocycles. The molecule has 0 N–H and O–H groups in total. The van der Waals surface area contributed by atoms with E-state index in [4.69, 9.17) is 0 Å². The fourth-order valence-corrected chi connectivity index (χ4v) is 3.19. The molecule has 1 aliphatic rings. The van der Waals surface area contributed by atoms with Gasteiger partial charge < -0.3 is 4.79 Å². The van der Waals surface area contributed by atoms with Gasteiger partial charge in [0.05, 0.1) is 3.23 Å². The van der Waals surface area contributed by atoms with Gasteiger partial charge in [-0.25, -0.2) is 0 Å². The van der Waals surface area contributed by atoms with Gasteiger partial charge in [0.25, 0.3) is 0 Å². The van der Waals surface area contributed by atoms with Gasteiger partial charge in [0, 0.05) is 11.8 Å². The van der Waals surface area contributed by atoms with Crippen LogP contribution in [0, 0.1) is 5.92 Å². The van der Waals surface area contributed by atoms with Crippen LogP contribution in [0.2, 0.25) is 0 Å². The van der Waals surface area contributed by atoms with Crippen LogP contribution in [0.25, 0.3) is 0 Å². The average Bonchev–Trinajstić information content (AvgIpc) is 2.69. The van der Waals surface area contributed by atoms with E-state index in [0.717, 1.165) is 6.29 Å². The van der Waals surface area contributed by atoms with Gasteiger partial charge in [0.15, 0.2) is 0 Å². The Balaban J connectivity index is 2.27. The van der Waals surface area contributed by atoms with E-state index in [1.807, 2.05) is 30.3 Å². The Morgan fingerprint density at radius 1 is 1.23 bits per heavy atom. The van der Waals surface area contributed by atoms with Gasteiger partial charge in [0.2, 0.25) is 0 Å². The van der Waals surface area contributed by atoms with Crippen molar-refractivity contribution in [1.29, 1.82) is 0 Å². The SMILES string of the molecule is O=CC1C(c2ccccc2)C1(Br)Br. The molecule has 1 aromatic carbocycles. The maximum absolute atomic E-state index is 10.7. The molecule has 2 atom stereocenters. The summed E-state index contributed by atoms with van der Waals surface area (Å²) in [5, 5.41) is 0. The lowest BCUT2D eigenvalue weighted by atomic mass is 10.1. The lowest BCUT2D eigenvalue weighted by Crippen LogP contribution is -1.88. The largest absolute Gasteiger partial charge is 0.303 e. The Morgan fingerprint density at radius 2 is 1.85 bits per heavy atom. The van der Waals surface area contributed by atoms with Gasteiger partial charge in [-0.15, -0.1) is 0 Å². The van der Waals surface area contributed by atoms with Gasteiger partial charge in [0.1, 0.15) is 6.29 Å². The van der Waals surface area contributed by atoms with Crippen molar-refractivity contribution >= 4 is 38.1 Å². The molecule has 3 heteroatoms. The van der Waals surface area contributed by atoms with Gasteiger partial charge in [-0.3, -0.25) is 0 Å². The first-order valence-electron chi connectivity index (χ1n) is 4.06. The molecule has 0 heterocycles. The molecule has 1 aliphatic carbocycles. The smallest absolute Gasteiger partial charge is 0.126 e. The first kappa shape index (κ1) is 9.41. The van der Waals surface area contributed by atoms with Gasteiger partial charge in [-0.2, -0.15) is 0 Å². The minimum Gasteiger partial charge on any atom is -0.303 e. The molecule has 0 bridgehead atoms. The van der Waals surface area contributed by atoms with Crippen LogP contribution in [-0.2, 0) is 4.79 Å². The third kappa shape index (κ3) is 1.48. The van der Waals surface area contributed by atoms with E-state index >= 15 is 0 Å².